The van der Waals surface area contributed by atoms with Gasteiger partial charge in [-0.3, -0.25) is 0 Å². The standard InChI is InChI=1S/C63H39N5S/c1-4-15-38(16-5-1)60-64-54(43-22-14-21-41(33-43)42-27-30-47-46-23-12-13-26-56(46)69-57(47)36-42)37-55(65-60)44-28-31-50-52(34-44)58-48-24-10-11-25-49(48)59(50)53-35-45(29-32-51(53)58)63-67-61(39-17-6-2-7-18-39)66-62(68-63)40-19-8-3-9-20-40/h1-37,58-59H. The van der Waals surface area contributed by atoms with E-state index in [4.69, 9.17) is 24.9 Å². The van der Waals surface area contributed by atoms with E-state index < -0.39 is 0 Å². The third-order valence-corrected chi connectivity index (χ3v) is 15.1. The summed E-state index contributed by atoms with van der Waals surface area (Å²) in [6, 6.07) is 79.9. The van der Waals surface area contributed by atoms with Gasteiger partial charge in [-0.25, -0.2) is 24.9 Å². The van der Waals surface area contributed by atoms with Crippen LogP contribution in [0.3, 0.4) is 0 Å². The van der Waals surface area contributed by atoms with Crippen molar-refractivity contribution in [1.29, 1.82) is 0 Å². The minimum absolute atomic E-state index is 0.0459. The zero-order chi connectivity index (χ0) is 45.4. The van der Waals surface area contributed by atoms with E-state index in [0.29, 0.717) is 23.3 Å². The van der Waals surface area contributed by atoms with Gasteiger partial charge in [0.1, 0.15) is 0 Å². The van der Waals surface area contributed by atoms with Gasteiger partial charge >= 0.3 is 0 Å². The lowest BCUT2D eigenvalue weighted by Crippen LogP contribution is -2.27. The lowest BCUT2D eigenvalue weighted by atomic mass is 9.60. The largest absolute Gasteiger partial charge is 0.228 e. The quantitative estimate of drug-likeness (QED) is 0.159. The summed E-state index contributed by atoms with van der Waals surface area (Å²) in [6.07, 6.45) is 0. The van der Waals surface area contributed by atoms with E-state index in [1.807, 2.05) is 53.8 Å². The second-order valence-electron chi connectivity index (χ2n) is 17.9. The van der Waals surface area contributed by atoms with Crippen LogP contribution in [0.25, 0.3) is 99.4 Å². The van der Waals surface area contributed by atoms with Crippen LogP contribution in [0.5, 0.6) is 0 Å². The maximum absolute atomic E-state index is 5.31. The Morgan fingerprint density at radius 1 is 0.246 bits per heavy atom. The summed E-state index contributed by atoms with van der Waals surface area (Å²) in [4.78, 5) is 25.7. The van der Waals surface area contributed by atoms with E-state index in [2.05, 4.69) is 182 Å². The Labute approximate surface area is 403 Å². The van der Waals surface area contributed by atoms with Crippen molar-refractivity contribution in [3.05, 3.63) is 258 Å². The van der Waals surface area contributed by atoms with Crippen LogP contribution in [0.15, 0.2) is 224 Å². The first-order valence-electron chi connectivity index (χ1n) is 23.4. The van der Waals surface area contributed by atoms with Crippen molar-refractivity contribution in [2.75, 3.05) is 0 Å². The summed E-state index contributed by atoms with van der Waals surface area (Å²) in [5.74, 6) is 2.77. The van der Waals surface area contributed by atoms with Gasteiger partial charge < -0.3 is 0 Å². The fourth-order valence-corrected chi connectivity index (χ4v) is 11.8. The molecule has 2 bridgehead atoms. The topological polar surface area (TPSA) is 64.5 Å². The molecule has 0 spiro atoms. The number of rotatable bonds is 7. The SMILES string of the molecule is c1ccc(-c2nc(-c3cccc(-c4ccc5c(c4)sc4ccccc45)c3)cc(-c3ccc4c(c3)C3c5ccccc5C4c4cc(-c5nc(-c6ccccc6)nc(-c6ccccc6)n5)ccc43)n2)cc1. The summed E-state index contributed by atoms with van der Waals surface area (Å²) in [5, 5.41) is 2.61. The summed E-state index contributed by atoms with van der Waals surface area (Å²) < 4.78 is 2.60. The maximum Gasteiger partial charge on any atom is 0.164 e. The monoisotopic (exact) mass is 897 g/mol. The molecule has 0 saturated carbocycles. The maximum atomic E-state index is 5.31. The van der Waals surface area contributed by atoms with Gasteiger partial charge in [0, 0.05) is 65.4 Å². The van der Waals surface area contributed by atoms with Gasteiger partial charge in [-0.1, -0.05) is 188 Å². The molecule has 2 unspecified atom stereocenters. The molecule has 6 heteroatoms. The lowest BCUT2D eigenvalue weighted by molar-refractivity contribution is 0.754. The van der Waals surface area contributed by atoms with Crippen molar-refractivity contribution < 1.29 is 0 Å². The van der Waals surface area contributed by atoms with Crippen LogP contribution < -0.4 is 0 Å². The van der Waals surface area contributed by atoms with E-state index in [-0.39, 0.29) is 11.8 Å². The lowest BCUT2D eigenvalue weighted by Gasteiger charge is -2.42. The van der Waals surface area contributed by atoms with Crippen LogP contribution in [-0.2, 0) is 0 Å². The van der Waals surface area contributed by atoms with Gasteiger partial charge in [-0.2, -0.15) is 0 Å². The molecular weight excluding hydrogens is 859 g/mol. The first-order chi connectivity index (χ1) is 34.2. The van der Waals surface area contributed by atoms with Gasteiger partial charge in [0.2, 0.25) is 0 Å². The molecule has 0 aliphatic heterocycles. The summed E-state index contributed by atoms with van der Waals surface area (Å²) in [5.41, 5.74) is 18.0. The summed E-state index contributed by atoms with van der Waals surface area (Å²) >= 11 is 1.85. The highest BCUT2D eigenvalue weighted by Crippen LogP contribution is 2.56. The average Bonchev–Trinajstić information content (AvgIpc) is 3.81. The molecule has 69 heavy (non-hydrogen) atoms. The molecule has 9 aromatic carbocycles. The second-order valence-corrected chi connectivity index (χ2v) is 19.0. The number of fused-ring (bicyclic) bond motifs is 3. The Morgan fingerprint density at radius 2 is 0.667 bits per heavy atom. The van der Waals surface area contributed by atoms with Crippen molar-refractivity contribution in [3.63, 3.8) is 0 Å². The molecule has 322 valence electrons. The highest BCUT2D eigenvalue weighted by Gasteiger charge is 2.41. The minimum atomic E-state index is 0.0459. The Morgan fingerprint density at radius 3 is 1.29 bits per heavy atom. The summed E-state index contributed by atoms with van der Waals surface area (Å²) in [6.45, 7) is 0. The fraction of sp³-hybridized carbons (Fsp3) is 0.0317. The smallest absolute Gasteiger partial charge is 0.164 e. The van der Waals surface area contributed by atoms with Crippen molar-refractivity contribution in [2.24, 2.45) is 0 Å². The molecular formula is C63H39N5S. The van der Waals surface area contributed by atoms with Crippen LogP contribution in [0.4, 0.5) is 0 Å². The van der Waals surface area contributed by atoms with Gasteiger partial charge in [0.15, 0.2) is 23.3 Å². The van der Waals surface area contributed by atoms with E-state index in [9.17, 15) is 0 Å². The van der Waals surface area contributed by atoms with Gasteiger partial charge in [-0.05, 0) is 80.9 Å². The summed E-state index contributed by atoms with van der Waals surface area (Å²) in [7, 11) is 0. The van der Waals surface area contributed by atoms with E-state index in [1.165, 1.54) is 59.1 Å². The number of hydrogen-bond donors (Lipinski definition) is 0. The molecule has 2 atom stereocenters. The molecule has 0 amide bonds. The van der Waals surface area contributed by atoms with Gasteiger partial charge in [0.05, 0.1) is 11.4 Å². The third-order valence-electron chi connectivity index (χ3n) is 13.9. The fourth-order valence-electron chi connectivity index (χ4n) is 10.7. The molecule has 0 radical (unpaired) electrons. The van der Waals surface area contributed by atoms with Crippen LogP contribution in [0.1, 0.15) is 45.2 Å². The van der Waals surface area contributed by atoms with E-state index in [0.717, 1.165) is 50.3 Å². The molecule has 0 N–H and O–H groups in total. The van der Waals surface area contributed by atoms with Crippen LogP contribution in [0.2, 0.25) is 0 Å². The van der Waals surface area contributed by atoms with Crippen molar-refractivity contribution in [1.82, 2.24) is 24.9 Å². The van der Waals surface area contributed by atoms with Crippen LogP contribution in [0, 0.1) is 0 Å². The molecule has 3 aromatic heterocycles. The molecule has 3 heterocycles. The van der Waals surface area contributed by atoms with E-state index in [1.54, 1.807) is 0 Å². The highest BCUT2D eigenvalue weighted by molar-refractivity contribution is 7.25. The number of aromatic nitrogens is 5. The van der Waals surface area contributed by atoms with Crippen LogP contribution in [-0.4, -0.2) is 24.9 Å². The average molecular weight is 898 g/mol. The first-order valence-corrected chi connectivity index (χ1v) is 24.2. The number of benzene rings is 9. The van der Waals surface area contributed by atoms with E-state index >= 15 is 0 Å². The number of thiophene rings is 1. The third kappa shape index (κ3) is 6.71. The Hall–Kier alpha value is -8.71. The van der Waals surface area contributed by atoms with Crippen molar-refractivity contribution in [3.8, 4) is 79.2 Å². The molecule has 3 aliphatic carbocycles. The predicted octanol–water partition coefficient (Wildman–Crippen LogP) is 15.7. The molecule has 12 aromatic rings. The van der Waals surface area contributed by atoms with Gasteiger partial charge in [0.25, 0.3) is 0 Å². The molecule has 5 nitrogen and oxygen atoms in total. The Balaban J connectivity index is 0.871. The zero-order valence-electron chi connectivity index (χ0n) is 37.2. The van der Waals surface area contributed by atoms with Crippen molar-refractivity contribution >= 4 is 31.5 Å². The van der Waals surface area contributed by atoms with Crippen LogP contribution >= 0.6 is 11.3 Å². The highest BCUT2D eigenvalue weighted by atomic mass is 32.1. The Bertz CT molecular complexity index is 3920. The van der Waals surface area contributed by atoms with Crippen molar-refractivity contribution in [2.45, 2.75) is 11.8 Å². The molecule has 0 fully saturated rings. The van der Waals surface area contributed by atoms with Gasteiger partial charge in [-0.15, -0.1) is 11.3 Å². The molecule has 3 aliphatic rings. The molecule has 0 saturated heterocycles. The molecule has 15 rings (SSSR count). The first kappa shape index (κ1) is 39.5. The zero-order valence-corrected chi connectivity index (χ0v) is 38.0. The second kappa shape index (κ2) is 16.0. The predicted molar refractivity (Wildman–Crippen MR) is 281 cm³/mol. The minimum Gasteiger partial charge on any atom is -0.228 e. The Kier molecular flexibility index (Phi) is 9.14. The number of nitrogens with zero attached hydrogens (tertiary/aromatic N) is 5. The number of hydrogen-bond acceptors (Lipinski definition) is 6. The normalized spacial score (nSPS) is 14.4.